The van der Waals surface area contributed by atoms with E-state index in [9.17, 15) is 8.78 Å². The van der Waals surface area contributed by atoms with Gasteiger partial charge in [0.1, 0.15) is 5.82 Å². The van der Waals surface area contributed by atoms with Gasteiger partial charge in [-0.15, -0.1) is 15.3 Å². The highest BCUT2D eigenvalue weighted by Crippen LogP contribution is 2.18. The minimum atomic E-state index is -0.794. The molecule has 1 saturated heterocycles. The monoisotopic (exact) mass is 344 g/mol. The normalized spacial score (nSPS) is 15.9. The molecular weight excluding hydrogens is 326 g/mol. The maximum absolute atomic E-state index is 13.8. The molecular formula is C17H18F2N6. The van der Waals surface area contributed by atoms with Crippen molar-refractivity contribution in [1.29, 1.82) is 0 Å². The molecule has 3 heterocycles. The van der Waals surface area contributed by atoms with E-state index in [1.54, 1.807) is 16.6 Å². The molecule has 0 bridgehead atoms. The van der Waals surface area contributed by atoms with E-state index in [0.717, 1.165) is 49.5 Å². The number of hydrogen-bond donors (Lipinski definition) is 0. The maximum atomic E-state index is 13.8. The van der Waals surface area contributed by atoms with Gasteiger partial charge in [-0.1, -0.05) is 12.1 Å². The summed E-state index contributed by atoms with van der Waals surface area (Å²) < 4.78 is 28.9. The van der Waals surface area contributed by atoms with E-state index >= 15 is 0 Å². The zero-order chi connectivity index (χ0) is 17.4. The third kappa shape index (κ3) is 3.05. The van der Waals surface area contributed by atoms with Gasteiger partial charge in [0.2, 0.25) is 0 Å². The molecule has 3 aromatic rings. The second-order valence-corrected chi connectivity index (χ2v) is 6.18. The quantitative estimate of drug-likeness (QED) is 0.728. The number of aryl methyl sites for hydroxylation is 1. The highest BCUT2D eigenvalue weighted by molar-refractivity contribution is 5.46. The lowest BCUT2D eigenvalue weighted by Crippen LogP contribution is -2.46. The van der Waals surface area contributed by atoms with Gasteiger partial charge in [0.25, 0.3) is 0 Å². The Morgan fingerprint density at radius 3 is 2.60 bits per heavy atom. The summed E-state index contributed by atoms with van der Waals surface area (Å²) in [7, 11) is 0. The van der Waals surface area contributed by atoms with E-state index < -0.39 is 11.6 Å². The van der Waals surface area contributed by atoms with Crippen LogP contribution in [0.1, 0.15) is 11.4 Å². The molecule has 6 nitrogen and oxygen atoms in total. The van der Waals surface area contributed by atoms with Crippen molar-refractivity contribution < 1.29 is 8.78 Å². The lowest BCUT2D eigenvalue weighted by Gasteiger charge is -2.35. The first kappa shape index (κ1) is 15.9. The van der Waals surface area contributed by atoms with E-state index in [1.165, 1.54) is 0 Å². The molecule has 2 aromatic heterocycles. The Morgan fingerprint density at radius 2 is 1.80 bits per heavy atom. The van der Waals surface area contributed by atoms with Crippen molar-refractivity contribution in [2.75, 3.05) is 31.1 Å². The first-order chi connectivity index (χ1) is 12.1. The Morgan fingerprint density at radius 1 is 1.00 bits per heavy atom. The molecule has 25 heavy (non-hydrogen) atoms. The molecule has 0 N–H and O–H groups in total. The number of hydrogen-bond acceptors (Lipinski definition) is 5. The first-order valence-corrected chi connectivity index (χ1v) is 8.21. The Labute approximate surface area is 143 Å². The first-order valence-electron chi connectivity index (χ1n) is 8.21. The lowest BCUT2D eigenvalue weighted by atomic mass is 10.1. The van der Waals surface area contributed by atoms with E-state index in [-0.39, 0.29) is 0 Å². The standard InChI is InChI=1S/C17H18F2N6/c1-12-20-21-15-5-6-16(22-25(12)15)24-9-7-23(8-10-24)11-13-3-2-4-14(18)17(13)19/h2-6H,7-11H2,1H3. The molecule has 1 aliphatic rings. The Balaban J connectivity index is 1.43. The van der Waals surface area contributed by atoms with Crippen LogP contribution in [0.15, 0.2) is 30.3 Å². The van der Waals surface area contributed by atoms with Crippen LogP contribution in [-0.4, -0.2) is 50.9 Å². The van der Waals surface area contributed by atoms with Gasteiger partial charge in [-0.05, 0) is 25.1 Å². The van der Waals surface area contributed by atoms with Crippen molar-refractivity contribution in [2.24, 2.45) is 0 Å². The highest BCUT2D eigenvalue weighted by atomic mass is 19.2. The summed E-state index contributed by atoms with van der Waals surface area (Å²) in [6.07, 6.45) is 0. The summed E-state index contributed by atoms with van der Waals surface area (Å²) in [5, 5.41) is 12.6. The summed E-state index contributed by atoms with van der Waals surface area (Å²) in [6, 6.07) is 8.16. The molecule has 0 saturated carbocycles. The number of fused-ring (bicyclic) bond motifs is 1. The van der Waals surface area contributed by atoms with Crippen LogP contribution in [0.5, 0.6) is 0 Å². The highest BCUT2D eigenvalue weighted by Gasteiger charge is 2.20. The largest absolute Gasteiger partial charge is 0.353 e. The second kappa shape index (κ2) is 6.36. The van der Waals surface area contributed by atoms with Gasteiger partial charge in [0.05, 0.1) is 0 Å². The molecule has 0 atom stereocenters. The molecule has 1 aromatic carbocycles. The van der Waals surface area contributed by atoms with Crippen LogP contribution < -0.4 is 4.90 Å². The molecule has 4 rings (SSSR count). The van der Waals surface area contributed by atoms with E-state index in [2.05, 4.69) is 25.1 Å². The van der Waals surface area contributed by atoms with Crippen molar-refractivity contribution in [3.63, 3.8) is 0 Å². The molecule has 8 heteroatoms. The third-order valence-corrected chi connectivity index (χ3v) is 4.53. The summed E-state index contributed by atoms with van der Waals surface area (Å²) in [5.41, 5.74) is 1.12. The van der Waals surface area contributed by atoms with E-state index in [4.69, 9.17) is 0 Å². The van der Waals surface area contributed by atoms with E-state index in [1.807, 2.05) is 19.1 Å². The Hall–Kier alpha value is -2.61. The summed E-state index contributed by atoms with van der Waals surface area (Å²) in [5.74, 6) is 0.0714. The molecule has 130 valence electrons. The number of benzene rings is 1. The predicted molar refractivity (Wildman–Crippen MR) is 89.4 cm³/mol. The fourth-order valence-corrected chi connectivity index (χ4v) is 3.10. The second-order valence-electron chi connectivity index (χ2n) is 6.18. The smallest absolute Gasteiger partial charge is 0.178 e. The van der Waals surface area contributed by atoms with Gasteiger partial charge >= 0.3 is 0 Å². The number of piperazine rings is 1. The SMILES string of the molecule is Cc1nnc2ccc(N3CCN(Cc4cccc(F)c4F)CC3)nn12. The van der Waals surface area contributed by atoms with E-state index in [0.29, 0.717) is 12.1 Å². The van der Waals surface area contributed by atoms with Gasteiger partial charge < -0.3 is 4.90 Å². The third-order valence-electron chi connectivity index (χ3n) is 4.53. The maximum Gasteiger partial charge on any atom is 0.178 e. The van der Waals surface area contributed by atoms with Crippen LogP contribution in [-0.2, 0) is 6.54 Å². The number of aromatic nitrogens is 4. The molecule has 0 radical (unpaired) electrons. The molecule has 0 spiro atoms. The van der Waals surface area contributed by atoms with Gasteiger partial charge in [0.15, 0.2) is 23.1 Å². The molecule has 1 aliphatic heterocycles. The molecule has 0 unspecified atom stereocenters. The number of anilines is 1. The average Bonchev–Trinajstić information content (AvgIpc) is 3.00. The average molecular weight is 344 g/mol. The Kier molecular flexibility index (Phi) is 4.04. The van der Waals surface area contributed by atoms with Crippen LogP contribution in [0.2, 0.25) is 0 Å². The molecule has 0 amide bonds. The molecule has 1 fully saturated rings. The van der Waals surface area contributed by atoms with Crippen molar-refractivity contribution in [3.8, 4) is 0 Å². The lowest BCUT2D eigenvalue weighted by molar-refractivity contribution is 0.245. The zero-order valence-electron chi connectivity index (χ0n) is 13.9. The van der Waals surface area contributed by atoms with Crippen molar-refractivity contribution in [2.45, 2.75) is 13.5 Å². The van der Waals surface area contributed by atoms with Crippen LogP contribution in [0.25, 0.3) is 5.65 Å². The number of rotatable bonds is 3. The fraction of sp³-hybridized carbons (Fsp3) is 0.353. The Bertz CT molecular complexity index is 901. The molecule has 0 aliphatic carbocycles. The van der Waals surface area contributed by atoms with Crippen LogP contribution in [0, 0.1) is 18.6 Å². The number of nitrogens with zero attached hydrogens (tertiary/aromatic N) is 6. The number of halogens is 2. The van der Waals surface area contributed by atoms with Gasteiger partial charge in [-0.3, -0.25) is 4.90 Å². The van der Waals surface area contributed by atoms with Gasteiger partial charge in [-0.25, -0.2) is 8.78 Å². The predicted octanol–water partition coefficient (Wildman–Crippen LogP) is 2.03. The summed E-state index contributed by atoms with van der Waals surface area (Å²) >= 11 is 0. The van der Waals surface area contributed by atoms with Crippen molar-refractivity contribution in [1.82, 2.24) is 24.7 Å². The van der Waals surface area contributed by atoms with Gasteiger partial charge in [0, 0.05) is 38.3 Å². The fourth-order valence-electron chi connectivity index (χ4n) is 3.10. The van der Waals surface area contributed by atoms with Crippen molar-refractivity contribution in [3.05, 3.63) is 53.4 Å². The summed E-state index contributed by atoms with van der Waals surface area (Å²) in [6.45, 7) is 5.34. The topological polar surface area (TPSA) is 49.6 Å². The van der Waals surface area contributed by atoms with Gasteiger partial charge in [-0.2, -0.15) is 4.52 Å². The zero-order valence-corrected chi connectivity index (χ0v) is 13.9. The van der Waals surface area contributed by atoms with Crippen molar-refractivity contribution >= 4 is 11.5 Å². The van der Waals surface area contributed by atoms with Crippen LogP contribution >= 0.6 is 0 Å². The summed E-state index contributed by atoms with van der Waals surface area (Å²) in [4.78, 5) is 4.30. The van der Waals surface area contributed by atoms with Crippen LogP contribution in [0.4, 0.5) is 14.6 Å². The minimum absolute atomic E-state index is 0.396. The minimum Gasteiger partial charge on any atom is -0.353 e. The van der Waals surface area contributed by atoms with Crippen LogP contribution in [0.3, 0.4) is 0 Å².